The summed E-state index contributed by atoms with van der Waals surface area (Å²) in [4.78, 5) is 17.3. The van der Waals surface area contributed by atoms with Crippen molar-refractivity contribution in [2.24, 2.45) is 5.92 Å². The minimum Gasteiger partial charge on any atom is -0.493 e. The van der Waals surface area contributed by atoms with Crippen LogP contribution < -0.4 is 10.1 Å². The van der Waals surface area contributed by atoms with Crippen LogP contribution in [0.15, 0.2) is 24.3 Å². The van der Waals surface area contributed by atoms with E-state index < -0.39 is 0 Å². The zero-order valence-corrected chi connectivity index (χ0v) is 14.7. The Balaban J connectivity index is 1.57. The third-order valence-corrected chi connectivity index (χ3v) is 5.08. The molecule has 132 valence electrons. The molecule has 24 heavy (non-hydrogen) atoms. The van der Waals surface area contributed by atoms with Crippen molar-refractivity contribution >= 4 is 5.78 Å². The van der Waals surface area contributed by atoms with Crippen LogP contribution in [0.5, 0.6) is 5.75 Å². The molecule has 0 unspecified atom stereocenters. The third kappa shape index (κ3) is 4.79. The molecule has 2 aliphatic heterocycles. The van der Waals surface area contributed by atoms with Gasteiger partial charge >= 0.3 is 0 Å². The van der Waals surface area contributed by atoms with Gasteiger partial charge in [-0.05, 0) is 51.0 Å². The van der Waals surface area contributed by atoms with Gasteiger partial charge in [-0.3, -0.25) is 9.69 Å². The van der Waals surface area contributed by atoms with E-state index in [0.717, 1.165) is 63.4 Å². The fourth-order valence-corrected chi connectivity index (χ4v) is 3.37. The first-order chi connectivity index (χ1) is 11.7. The fourth-order valence-electron chi connectivity index (χ4n) is 3.37. The molecule has 1 aromatic rings. The zero-order valence-electron chi connectivity index (χ0n) is 14.7. The second-order valence-corrected chi connectivity index (χ2v) is 7.00. The van der Waals surface area contributed by atoms with Crippen molar-refractivity contribution in [3.05, 3.63) is 29.8 Å². The topological polar surface area (TPSA) is 44.8 Å². The summed E-state index contributed by atoms with van der Waals surface area (Å²) in [6, 6.07) is 7.70. The summed E-state index contributed by atoms with van der Waals surface area (Å²) in [5.41, 5.74) is 0.727. The Bertz CT molecular complexity index is 535. The number of benzene rings is 1. The van der Waals surface area contributed by atoms with Crippen LogP contribution in [0.1, 0.15) is 23.2 Å². The predicted molar refractivity (Wildman–Crippen MR) is 95.8 cm³/mol. The number of ether oxygens (including phenoxy) is 1. The Morgan fingerprint density at radius 1 is 1.17 bits per heavy atom. The summed E-state index contributed by atoms with van der Waals surface area (Å²) in [5, 5.41) is 3.37. The van der Waals surface area contributed by atoms with Crippen molar-refractivity contribution in [3.63, 3.8) is 0 Å². The number of carbonyl (C=O) groups is 1. The normalized spacial score (nSPS) is 20.9. The Kier molecular flexibility index (Phi) is 6.24. The van der Waals surface area contributed by atoms with Crippen LogP contribution in [-0.4, -0.2) is 75.1 Å². The number of ketones is 1. The maximum absolute atomic E-state index is 12.7. The van der Waals surface area contributed by atoms with Crippen molar-refractivity contribution in [1.82, 2.24) is 15.1 Å². The number of hydrogen-bond acceptors (Lipinski definition) is 5. The second-order valence-electron chi connectivity index (χ2n) is 7.00. The molecule has 3 rings (SSSR count). The highest BCUT2D eigenvalue weighted by molar-refractivity contribution is 6.00. The van der Waals surface area contributed by atoms with Gasteiger partial charge in [0.2, 0.25) is 0 Å². The summed E-state index contributed by atoms with van der Waals surface area (Å²) < 4.78 is 6.03. The lowest BCUT2D eigenvalue weighted by Gasteiger charge is -2.31. The van der Waals surface area contributed by atoms with E-state index >= 15 is 0 Å². The maximum atomic E-state index is 12.7. The van der Waals surface area contributed by atoms with Crippen molar-refractivity contribution in [3.8, 4) is 5.75 Å². The first-order valence-electron chi connectivity index (χ1n) is 9.09. The quantitative estimate of drug-likeness (QED) is 0.800. The summed E-state index contributed by atoms with van der Waals surface area (Å²) in [6.07, 6.45) is 2.30. The molecule has 2 saturated heterocycles. The van der Waals surface area contributed by atoms with Crippen LogP contribution in [0.25, 0.3) is 0 Å². The number of hydrogen-bond donors (Lipinski definition) is 1. The van der Waals surface area contributed by atoms with E-state index in [-0.39, 0.29) is 5.78 Å². The lowest BCUT2D eigenvalue weighted by molar-refractivity contribution is 0.0871. The van der Waals surface area contributed by atoms with Crippen molar-refractivity contribution in [1.29, 1.82) is 0 Å². The lowest BCUT2D eigenvalue weighted by Crippen LogP contribution is -2.46. The van der Waals surface area contributed by atoms with Gasteiger partial charge in [0, 0.05) is 26.2 Å². The average Bonchev–Trinajstić information content (AvgIpc) is 2.63. The molecule has 5 heteroatoms. The number of piperidine rings is 1. The molecule has 5 nitrogen and oxygen atoms in total. The summed E-state index contributed by atoms with van der Waals surface area (Å²) in [5.74, 6) is 1.50. The van der Waals surface area contributed by atoms with Gasteiger partial charge in [0.05, 0.1) is 18.7 Å². The van der Waals surface area contributed by atoms with E-state index in [0.29, 0.717) is 19.1 Å². The number of nitrogens with zero attached hydrogens (tertiary/aromatic N) is 2. The molecule has 0 spiro atoms. The van der Waals surface area contributed by atoms with Gasteiger partial charge in [-0.2, -0.15) is 0 Å². The second kappa shape index (κ2) is 8.60. The molecular formula is C19H29N3O2. The highest BCUT2D eigenvalue weighted by Crippen LogP contribution is 2.21. The number of likely N-dealkylation sites (N-methyl/N-ethyl adjacent to an activating group) is 1. The molecule has 0 amide bonds. The Morgan fingerprint density at radius 3 is 2.62 bits per heavy atom. The number of nitrogens with one attached hydrogen (secondary N) is 1. The first-order valence-corrected chi connectivity index (χ1v) is 9.09. The zero-order chi connectivity index (χ0) is 16.8. The molecular weight excluding hydrogens is 302 g/mol. The van der Waals surface area contributed by atoms with E-state index in [4.69, 9.17) is 4.74 Å². The monoisotopic (exact) mass is 331 g/mol. The third-order valence-electron chi connectivity index (χ3n) is 5.08. The maximum Gasteiger partial charge on any atom is 0.180 e. The van der Waals surface area contributed by atoms with Crippen LogP contribution >= 0.6 is 0 Å². The SMILES string of the molecule is CN1CCN(CC(=O)c2ccccc2OCC2CCNCC2)CC1. The van der Waals surface area contributed by atoms with Gasteiger partial charge in [-0.25, -0.2) is 0 Å². The lowest BCUT2D eigenvalue weighted by atomic mass is 9.99. The van der Waals surface area contributed by atoms with E-state index in [9.17, 15) is 4.79 Å². The summed E-state index contributed by atoms with van der Waals surface area (Å²) in [7, 11) is 2.13. The average molecular weight is 331 g/mol. The summed E-state index contributed by atoms with van der Waals surface area (Å²) >= 11 is 0. The number of piperazine rings is 1. The Morgan fingerprint density at radius 2 is 1.88 bits per heavy atom. The number of carbonyl (C=O) groups excluding carboxylic acids is 1. The molecule has 1 N–H and O–H groups in total. The van der Waals surface area contributed by atoms with E-state index in [1.54, 1.807) is 0 Å². The van der Waals surface area contributed by atoms with Crippen LogP contribution in [0.2, 0.25) is 0 Å². The number of Topliss-reactive ketones (excluding diaryl/α,β-unsaturated/α-hetero) is 1. The number of rotatable bonds is 6. The van der Waals surface area contributed by atoms with Gasteiger partial charge in [-0.15, -0.1) is 0 Å². The highest BCUT2D eigenvalue weighted by Gasteiger charge is 2.20. The van der Waals surface area contributed by atoms with Crippen LogP contribution in [0.3, 0.4) is 0 Å². The van der Waals surface area contributed by atoms with Gasteiger partial charge in [0.15, 0.2) is 5.78 Å². The fraction of sp³-hybridized carbons (Fsp3) is 0.632. The minimum absolute atomic E-state index is 0.167. The largest absolute Gasteiger partial charge is 0.493 e. The van der Waals surface area contributed by atoms with E-state index in [1.807, 2.05) is 24.3 Å². The molecule has 2 aliphatic rings. The van der Waals surface area contributed by atoms with Crippen LogP contribution in [0, 0.1) is 5.92 Å². The van der Waals surface area contributed by atoms with Gasteiger partial charge < -0.3 is 15.0 Å². The van der Waals surface area contributed by atoms with Crippen molar-refractivity contribution < 1.29 is 9.53 Å². The standard InChI is InChI=1S/C19H29N3O2/c1-21-10-12-22(13-11-21)14-18(23)17-4-2-3-5-19(17)24-15-16-6-8-20-9-7-16/h2-5,16,20H,6-15H2,1H3. The predicted octanol–water partition coefficient (Wildman–Crippen LogP) is 1.50. The molecule has 0 aromatic heterocycles. The van der Waals surface area contributed by atoms with Crippen molar-refractivity contribution in [2.75, 3.05) is 59.5 Å². The van der Waals surface area contributed by atoms with Gasteiger partial charge in [0.1, 0.15) is 5.75 Å². The van der Waals surface area contributed by atoms with Crippen LogP contribution in [0.4, 0.5) is 0 Å². The van der Waals surface area contributed by atoms with Crippen molar-refractivity contribution in [2.45, 2.75) is 12.8 Å². The summed E-state index contributed by atoms with van der Waals surface area (Å²) in [6.45, 7) is 7.31. The molecule has 0 saturated carbocycles. The highest BCUT2D eigenvalue weighted by atomic mass is 16.5. The Labute approximate surface area is 145 Å². The molecule has 0 atom stereocenters. The molecule has 1 aromatic carbocycles. The molecule has 2 fully saturated rings. The minimum atomic E-state index is 0.167. The molecule has 2 heterocycles. The van der Waals surface area contributed by atoms with Crippen LogP contribution in [-0.2, 0) is 0 Å². The molecule has 0 aliphatic carbocycles. The molecule has 0 bridgehead atoms. The smallest absolute Gasteiger partial charge is 0.180 e. The number of para-hydroxylation sites is 1. The Hall–Kier alpha value is -1.43. The van der Waals surface area contributed by atoms with Gasteiger partial charge in [-0.1, -0.05) is 12.1 Å². The van der Waals surface area contributed by atoms with Gasteiger partial charge in [0.25, 0.3) is 0 Å². The molecule has 0 radical (unpaired) electrons. The van der Waals surface area contributed by atoms with E-state index in [2.05, 4.69) is 22.2 Å². The van der Waals surface area contributed by atoms with E-state index in [1.165, 1.54) is 0 Å². The first kappa shape index (κ1) is 17.4.